The summed E-state index contributed by atoms with van der Waals surface area (Å²) in [5.74, 6) is -1.92. The normalized spacial score (nSPS) is 33.4. The maximum Gasteiger partial charge on any atom is 0.310 e. The van der Waals surface area contributed by atoms with E-state index in [2.05, 4.69) is 6.58 Å². The zero-order valence-corrected chi connectivity index (χ0v) is 15.4. The summed E-state index contributed by atoms with van der Waals surface area (Å²) < 4.78 is 11.3. The summed E-state index contributed by atoms with van der Waals surface area (Å²) >= 11 is 0. The van der Waals surface area contributed by atoms with E-state index in [4.69, 9.17) is 9.47 Å². The summed E-state index contributed by atoms with van der Waals surface area (Å²) in [5, 5.41) is 9.68. The van der Waals surface area contributed by atoms with Gasteiger partial charge >= 0.3 is 5.97 Å². The van der Waals surface area contributed by atoms with Gasteiger partial charge < -0.3 is 19.5 Å². The van der Waals surface area contributed by atoms with Crippen molar-refractivity contribution in [2.45, 2.75) is 37.6 Å². The highest BCUT2D eigenvalue weighted by Crippen LogP contribution is 2.56. The second kappa shape index (κ2) is 6.23. The third-order valence-electron chi connectivity index (χ3n) is 5.87. The first-order valence-corrected chi connectivity index (χ1v) is 9.05. The molecule has 2 fully saturated rings. The predicted octanol–water partition coefficient (Wildman–Crippen LogP) is 2.40. The van der Waals surface area contributed by atoms with Gasteiger partial charge in [0.1, 0.15) is 17.3 Å². The van der Waals surface area contributed by atoms with Crippen LogP contribution < -0.4 is 4.74 Å². The fraction of sp³-hybridized carbons (Fsp3) is 0.429. The molecule has 142 valence electrons. The number of methoxy groups -OCH3 is 1. The van der Waals surface area contributed by atoms with Crippen LogP contribution in [0.1, 0.15) is 18.9 Å². The van der Waals surface area contributed by atoms with Gasteiger partial charge in [-0.05, 0) is 31.0 Å². The van der Waals surface area contributed by atoms with Crippen LogP contribution in [-0.2, 0) is 20.9 Å². The topological polar surface area (TPSA) is 76.1 Å². The van der Waals surface area contributed by atoms with Crippen molar-refractivity contribution in [2.24, 2.45) is 11.8 Å². The van der Waals surface area contributed by atoms with Gasteiger partial charge in [0.05, 0.1) is 25.2 Å². The molecule has 1 aromatic rings. The Morgan fingerprint density at radius 1 is 1.37 bits per heavy atom. The number of amides is 1. The number of benzene rings is 1. The molecule has 27 heavy (non-hydrogen) atoms. The van der Waals surface area contributed by atoms with E-state index in [1.165, 1.54) is 0 Å². The van der Waals surface area contributed by atoms with Gasteiger partial charge in [0.25, 0.3) is 0 Å². The molecule has 0 saturated carbocycles. The minimum atomic E-state index is -0.982. The first kappa shape index (κ1) is 17.8. The summed E-state index contributed by atoms with van der Waals surface area (Å²) in [6, 6.07) is 7.27. The highest BCUT2D eigenvalue weighted by molar-refractivity contribution is 5.91. The minimum Gasteiger partial charge on any atom is -0.497 e. The molecule has 6 nitrogen and oxygen atoms in total. The number of hydrogen-bond donors (Lipinski definition) is 1. The lowest BCUT2D eigenvalue weighted by atomic mass is 9.74. The van der Waals surface area contributed by atoms with Gasteiger partial charge in [-0.3, -0.25) is 9.59 Å². The minimum absolute atomic E-state index is 0.156. The fourth-order valence-corrected chi connectivity index (χ4v) is 4.72. The Kier molecular flexibility index (Phi) is 4.11. The number of hydrogen-bond acceptors (Lipinski definition) is 4. The largest absolute Gasteiger partial charge is 0.497 e. The number of ether oxygens (including phenoxy) is 2. The number of fused-ring (bicyclic) bond motifs is 1. The van der Waals surface area contributed by atoms with Crippen molar-refractivity contribution in [1.29, 1.82) is 0 Å². The SMILES string of the molecule is C=C(C)C[C@@H]1N(Cc2ccc(OC)cc2)C(=O)[C@@H]2[C@H](C(=O)O)[C@H]3C=C[C@]21O3. The number of nitrogens with zero attached hydrogens (tertiary/aromatic N) is 1. The first-order chi connectivity index (χ1) is 12.9. The Hall–Kier alpha value is -2.60. The Morgan fingerprint density at radius 3 is 2.67 bits per heavy atom. The van der Waals surface area contributed by atoms with Crippen LogP contribution in [0.4, 0.5) is 0 Å². The molecule has 2 bridgehead atoms. The molecule has 2 saturated heterocycles. The van der Waals surface area contributed by atoms with Gasteiger partial charge in [-0.15, -0.1) is 6.58 Å². The molecular weight excluding hydrogens is 346 g/mol. The van der Waals surface area contributed by atoms with Crippen molar-refractivity contribution >= 4 is 11.9 Å². The molecule has 3 aliphatic rings. The van der Waals surface area contributed by atoms with E-state index in [0.29, 0.717) is 13.0 Å². The number of carbonyl (C=O) groups excluding carboxylic acids is 1. The molecule has 4 rings (SSSR count). The number of carbonyl (C=O) groups is 2. The van der Waals surface area contributed by atoms with Crippen LogP contribution in [0, 0.1) is 11.8 Å². The van der Waals surface area contributed by atoms with Crippen LogP contribution in [0.3, 0.4) is 0 Å². The van der Waals surface area contributed by atoms with Crippen molar-refractivity contribution in [1.82, 2.24) is 4.90 Å². The lowest BCUT2D eigenvalue weighted by Crippen LogP contribution is -2.45. The Morgan fingerprint density at radius 2 is 2.07 bits per heavy atom. The summed E-state index contributed by atoms with van der Waals surface area (Å²) in [4.78, 5) is 26.9. The molecule has 6 heteroatoms. The average molecular weight is 369 g/mol. The molecule has 0 aliphatic carbocycles. The molecule has 0 aromatic heterocycles. The van der Waals surface area contributed by atoms with Crippen molar-refractivity contribution in [3.05, 3.63) is 54.1 Å². The van der Waals surface area contributed by atoms with Crippen LogP contribution in [-0.4, -0.2) is 46.7 Å². The second-order valence-electron chi connectivity index (χ2n) is 7.63. The predicted molar refractivity (Wildman–Crippen MR) is 98.1 cm³/mol. The van der Waals surface area contributed by atoms with Crippen molar-refractivity contribution in [3.63, 3.8) is 0 Å². The van der Waals surface area contributed by atoms with Crippen LogP contribution in [0.5, 0.6) is 5.75 Å². The van der Waals surface area contributed by atoms with E-state index in [-0.39, 0.29) is 11.9 Å². The standard InChI is InChI=1S/C21H23NO5/c1-12(2)10-16-21-9-8-15(27-21)17(20(24)25)18(21)19(23)22(16)11-13-4-6-14(26-3)7-5-13/h4-9,15-18H,1,10-11H2,2-3H3,(H,24,25)/t15-,16+,17-,18+,21-/m1/s1. The van der Waals surface area contributed by atoms with Crippen molar-refractivity contribution in [2.75, 3.05) is 7.11 Å². The number of rotatable bonds is 6. The maximum atomic E-state index is 13.3. The Balaban J connectivity index is 1.70. The number of carboxylic acids is 1. The Labute approximate surface area is 158 Å². The molecule has 1 amide bonds. The van der Waals surface area contributed by atoms with Gasteiger partial charge in [-0.25, -0.2) is 0 Å². The molecule has 1 aromatic carbocycles. The highest BCUT2D eigenvalue weighted by Gasteiger charge is 2.70. The summed E-state index contributed by atoms with van der Waals surface area (Å²) in [6.07, 6.45) is 3.74. The molecule has 0 unspecified atom stereocenters. The smallest absolute Gasteiger partial charge is 0.310 e. The van der Waals surface area contributed by atoms with Crippen LogP contribution in [0.15, 0.2) is 48.6 Å². The number of carboxylic acid groups (broad SMARTS) is 1. The molecule has 3 aliphatic heterocycles. The van der Waals surface area contributed by atoms with Gasteiger partial charge in [-0.1, -0.05) is 29.9 Å². The van der Waals surface area contributed by atoms with Gasteiger partial charge in [-0.2, -0.15) is 0 Å². The highest BCUT2D eigenvalue weighted by atomic mass is 16.5. The van der Waals surface area contributed by atoms with Crippen molar-refractivity contribution < 1.29 is 24.2 Å². The second-order valence-corrected chi connectivity index (χ2v) is 7.63. The molecule has 1 spiro atoms. The van der Waals surface area contributed by atoms with E-state index < -0.39 is 29.5 Å². The zero-order valence-electron chi connectivity index (χ0n) is 15.4. The van der Waals surface area contributed by atoms with Gasteiger partial charge in [0, 0.05) is 6.54 Å². The lowest BCUT2D eigenvalue weighted by Gasteiger charge is -2.33. The van der Waals surface area contributed by atoms with E-state index >= 15 is 0 Å². The lowest BCUT2D eigenvalue weighted by molar-refractivity contribution is -0.148. The molecule has 0 radical (unpaired) electrons. The average Bonchev–Trinajstić information content (AvgIpc) is 3.27. The quantitative estimate of drug-likeness (QED) is 0.780. The van der Waals surface area contributed by atoms with Crippen LogP contribution in [0.25, 0.3) is 0 Å². The van der Waals surface area contributed by atoms with Crippen LogP contribution >= 0.6 is 0 Å². The molecule has 1 N–H and O–H groups in total. The summed E-state index contributed by atoms with van der Waals surface area (Å²) in [7, 11) is 1.61. The maximum absolute atomic E-state index is 13.3. The zero-order chi connectivity index (χ0) is 19.3. The Bertz CT molecular complexity index is 829. The molecular formula is C21H23NO5. The third-order valence-corrected chi connectivity index (χ3v) is 5.87. The number of likely N-dealkylation sites (tertiary alicyclic amines) is 1. The monoisotopic (exact) mass is 369 g/mol. The third kappa shape index (κ3) is 2.58. The van der Waals surface area contributed by atoms with Gasteiger partial charge in [0.2, 0.25) is 5.91 Å². The molecule has 5 atom stereocenters. The van der Waals surface area contributed by atoms with Crippen molar-refractivity contribution in [3.8, 4) is 5.75 Å². The summed E-state index contributed by atoms with van der Waals surface area (Å²) in [5.41, 5.74) is 1.01. The van der Waals surface area contributed by atoms with E-state index in [1.807, 2.05) is 37.3 Å². The number of aliphatic carboxylic acids is 1. The van der Waals surface area contributed by atoms with Crippen LogP contribution in [0.2, 0.25) is 0 Å². The molecule has 3 heterocycles. The fourth-order valence-electron chi connectivity index (χ4n) is 4.72. The van der Waals surface area contributed by atoms with E-state index in [1.54, 1.807) is 18.1 Å². The first-order valence-electron chi connectivity index (χ1n) is 9.05. The van der Waals surface area contributed by atoms with E-state index in [9.17, 15) is 14.7 Å². The van der Waals surface area contributed by atoms with Gasteiger partial charge in [0.15, 0.2) is 0 Å². The summed E-state index contributed by atoms with van der Waals surface area (Å²) in [6.45, 7) is 6.32. The van der Waals surface area contributed by atoms with E-state index in [0.717, 1.165) is 16.9 Å².